The van der Waals surface area contributed by atoms with Crippen LogP contribution in [0.2, 0.25) is 0 Å². The van der Waals surface area contributed by atoms with Crippen molar-refractivity contribution in [3.63, 3.8) is 0 Å². The average molecular weight is 380 g/mol. The van der Waals surface area contributed by atoms with Crippen LogP contribution in [0.3, 0.4) is 0 Å². The van der Waals surface area contributed by atoms with Crippen LogP contribution in [0.1, 0.15) is 25.7 Å². The van der Waals surface area contributed by atoms with Crippen molar-refractivity contribution in [1.82, 2.24) is 0 Å². The molecule has 3 unspecified atom stereocenters. The Labute approximate surface area is 132 Å². The molecule has 0 heterocycles. The topological polar surface area (TPSA) is 43.4 Å². The summed E-state index contributed by atoms with van der Waals surface area (Å²) in [6.07, 6.45) is 5.17. The third-order valence-corrected chi connectivity index (χ3v) is 6.34. The van der Waals surface area contributed by atoms with Crippen molar-refractivity contribution in [3.05, 3.63) is 22.7 Å². The highest BCUT2D eigenvalue weighted by Crippen LogP contribution is 2.48. The maximum absolute atomic E-state index is 11.6. The number of halogens is 2. The van der Waals surface area contributed by atoms with Crippen molar-refractivity contribution in [3.8, 4) is 5.75 Å². The summed E-state index contributed by atoms with van der Waals surface area (Å²) in [5.74, 6) is 2.52. The van der Waals surface area contributed by atoms with Crippen LogP contribution >= 0.6 is 26.6 Å². The Hall–Kier alpha value is -0.260. The molecular formula is C14H16BrClO3S. The molecule has 2 aliphatic rings. The molecule has 2 fully saturated rings. The van der Waals surface area contributed by atoms with E-state index < -0.39 is 9.05 Å². The summed E-state index contributed by atoms with van der Waals surface area (Å²) in [4.78, 5) is 0.0386. The van der Waals surface area contributed by atoms with Crippen molar-refractivity contribution in [2.45, 2.75) is 30.6 Å². The zero-order chi connectivity index (χ0) is 14.3. The van der Waals surface area contributed by atoms with Crippen molar-refractivity contribution >= 4 is 35.7 Å². The summed E-state index contributed by atoms with van der Waals surface area (Å²) in [5, 5.41) is 0. The van der Waals surface area contributed by atoms with Gasteiger partial charge in [0.05, 0.1) is 6.61 Å². The Morgan fingerprint density at radius 2 is 2.10 bits per heavy atom. The lowest BCUT2D eigenvalue weighted by molar-refractivity contribution is 0.192. The molecule has 3 atom stereocenters. The second-order valence-corrected chi connectivity index (χ2v) is 9.22. The van der Waals surface area contributed by atoms with Gasteiger partial charge in [0.2, 0.25) is 0 Å². The fourth-order valence-corrected chi connectivity index (χ4v) is 5.08. The number of hydrogen-bond acceptors (Lipinski definition) is 3. The van der Waals surface area contributed by atoms with Gasteiger partial charge in [-0.2, -0.15) is 0 Å². The molecule has 0 saturated heterocycles. The lowest BCUT2D eigenvalue weighted by Crippen LogP contribution is -2.19. The summed E-state index contributed by atoms with van der Waals surface area (Å²) in [7, 11) is 1.67. The van der Waals surface area contributed by atoms with E-state index in [2.05, 4.69) is 15.9 Å². The van der Waals surface area contributed by atoms with Gasteiger partial charge >= 0.3 is 0 Å². The van der Waals surface area contributed by atoms with Gasteiger partial charge in [0.15, 0.2) is 0 Å². The smallest absolute Gasteiger partial charge is 0.265 e. The Morgan fingerprint density at radius 3 is 2.70 bits per heavy atom. The van der Waals surface area contributed by atoms with Gasteiger partial charge in [-0.25, -0.2) is 8.42 Å². The fourth-order valence-electron chi connectivity index (χ4n) is 3.57. The van der Waals surface area contributed by atoms with E-state index in [-0.39, 0.29) is 4.90 Å². The molecule has 20 heavy (non-hydrogen) atoms. The molecule has 0 aromatic heterocycles. The summed E-state index contributed by atoms with van der Waals surface area (Å²) in [5.41, 5.74) is 0. The van der Waals surface area contributed by atoms with Crippen LogP contribution < -0.4 is 4.74 Å². The highest BCUT2D eigenvalue weighted by atomic mass is 79.9. The molecule has 0 spiro atoms. The van der Waals surface area contributed by atoms with Crippen molar-refractivity contribution in [2.75, 3.05) is 6.61 Å². The molecule has 1 aromatic carbocycles. The third-order valence-electron chi connectivity index (χ3n) is 4.51. The summed E-state index contributed by atoms with van der Waals surface area (Å²) < 4.78 is 29.6. The molecule has 0 aliphatic heterocycles. The second kappa shape index (κ2) is 5.50. The first-order valence-corrected chi connectivity index (χ1v) is 9.90. The first kappa shape index (κ1) is 14.7. The maximum Gasteiger partial charge on any atom is 0.265 e. The first-order valence-electron chi connectivity index (χ1n) is 6.80. The Morgan fingerprint density at radius 1 is 1.30 bits per heavy atom. The molecular weight excluding hydrogens is 364 g/mol. The van der Waals surface area contributed by atoms with Crippen molar-refractivity contribution in [1.29, 1.82) is 0 Å². The van der Waals surface area contributed by atoms with Crippen LogP contribution in [0.4, 0.5) is 0 Å². The van der Waals surface area contributed by atoms with E-state index >= 15 is 0 Å². The predicted octanol–water partition coefficient (Wildman–Crippen LogP) is 4.19. The minimum Gasteiger partial charge on any atom is -0.492 e. The molecule has 110 valence electrons. The zero-order valence-electron chi connectivity index (χ0n) is 10.9. The lowest BCUT2D eigenvalue weighted by Gasteiger charge is -2.22. The van der Waals surface area contributed by atoms with E-state index in [4.69, 9.17) is 15.4 Å². The molecule has 0 radical (unpaired) electrons. The van der Waals surface area contributed by atoms with Crippen LogP contribution in [-0.2, 0) is 9.05 Å². The quantitative estimate of drug-likeness (QED) is 0.737. The van der Waals surface area contributed by atoms with E-state index in [9.17, 15) is 8.42 Å². The van der Waals surface area contributed by atoms with E-state index in [1.165, 1.54) is 31.7 Å². The molecule has 0 N–H and O–H groups in total. The van der Waals surface area contributed by atoms with Crippen LogP contribution in [0.25, 0.3) is 0 Å². The van der Waals surface area contributed by atoms with Gasteiger partial charge in [0.1, 0.15) is 10.6 Å². The average Bonchev–Trinajstić information content (AvgIpc) is 2.98. The third kappa shape index (κ3) is 3.00. The number of hydrogen-bond donors (Lipinski definition) is 0. The van der Waals surface area contributed by atoms with Gasteiger partial charge in [-0.05, 0) is 55.2 Å². The molecule has 2 aliphatic carbocycles. The molecule has 6 heteroatoms. The monoisotopic (exact) mass is 378 g/mol. The molecule has 0 amide bonds. The van der Waals surface area contributed by atoms with Gasteiger partial charge in [-0.3, -0.25) is 0 Å². The van der Waals surface area contributed by atoms with E-state index in [1.807, 2.05) is 0 Å². The number of rotatable bonds is 4. The maximum atomic E-state index is 11.6. The van der Waals surface area contributed by atoms with E-state index in [0.717, 1.165) is 11.8 Å². The van der Waals surface area contributed by atoms with Crippen LogP contribution in [0.5, 0.6) is 5.75 Å². The predicted molar refractivity (Wildman–Crippen MR) is 81.6 cm³/mol. The van der Waals surface area contributed by atoms with Gasteiger partial charge in [-0.1, -0.05) is 22.4 Å². The van der Waals surface area contributed by atoms with Gasteiger partial charge in [0.25, 0.3) is 9.05 Å². The summed E-state index contributed by atoms with van der Waals surface area (Å²) in [6.45, 7) is 0.586. The minimum atomic E-state index is -3.79. The summed E-state index contributed by atoms with van der Waals surface area (Å²) in [6, 6.07) is 4.91. The second-order valence-electron chi connectivity index (χ2n) is 5.77. The van der Waals surface area contributed by atoms with Crippen LogP contribution in [0, 0.1) is 17.8 Å². The van der Waals surface area contributed by atoms with E-state index in [0.29, 0.717) is 22.7 Å². The Kier molecular flexibility index (Phi) is 4.04. The SMILES string of the molecule is O=S(=O)(Cl)c1cc(Br)ccc1OCC1CC2CCC1C2. The molecule has 2 saturated carbocycles. The van der Waals surface area contributed by atoms with Crippen LogP contribution in [-0.4, -0.2) is 15.0 Å². The zero-order valence-corrected chi connectivity index (χ0v) is 14.0. The summed E-state index contributed by atoms with van der Waals surface area (Å²) >= 11 is 3.25. The van der Waals surface area contributed by atoms with Crippen LogP contribution in [0.15, 0.2) is 27.6 Å². The normalized spacial score (nSPS) is 28.8. The Bertz CT molecular complexity index is 617. The first-order chi connectivity index (χ1) is 9.43. The number of benzene rings is 1. The van der Waals surface area contributed by atoms with Gasteiger partial charge in [-0.15, -0.1) is 0 Å². The molecule has 3 rings (SSSR count). The number of fused-ring (bicyclic) bond motifs is 2. The highest BCUT2D eigenvalue weighted by Gasteiger charge is 2.39. The van der Waals surface area contributed by atoms with Gasteiger partial charge < -0.3 is 4.74 Å². The Balaban J connectivity index is 1.74. The fraction of sp³-hybridized carbons (Fsp3) is 0.571. The number of ether oxygens (including phenoxy) is 1. The molecule has 3 nitrogen and oxygen atoms in total. The molecule has 1 aromatic rings. The largest absolute Gasteiger partial charge is 0.492 e. The van der Waals surface area contributed by atoms with Crippen molar-refractivity contribution < 1.29 is 13.2 Å². The highest BCUT2D eigenvalue weighted by molar-refractivity contribution is 9.10. The standard InChI is InChI=1S/C14H16BrClO3S/c15-12-3-4-13(14(7-12)20(16,17)18)19-8-11-6-9-1-2-10(11)5-9/h3-4,7,9-11H,1-2,5-6,8H2. The van der Waals surface area contributed by atoms with Gasteiger partial charge in [0, 0.05) is 15.2 Å². The molecule has 2 bridgehead atoms. The minimum absolute atomic E-state index is 0.0386. The lowest BCUT2D eigenvalue weighted by atomic mass is 9.89. The van der Waals surface area contributed by atoms with Crippen molar-refractivity contribution in [2.24, 2.45) is 17.8 Å². The van der Waals surface area contributed by atoms with E-state index in [1.54, 1.807) is 12.1 Å².